The maximum Gasteiger partial charge on any atom is 0.224 e. The van der Waals surface area contributed by atoms with Crippen molar-refractivity contribution in [1.29, 1.82) is 0 Å². The molecule has 1 aliphatic heterocycles. The Morgan fingerprint density at radius 2 is 1.88 bits per heavy atom. The van der Waals surface area contributed by atoms with E-state index in [0.29, 0.717) is 49.5 Å². The van der Waals surface area contributed by atoms with Crippen molar-refractivity contribution in [3.05, 3.63) is 40.4 Å². The summed E-state index contributed by atoms with van der Waals surface area (Å²) in [6.07, 6.45) is 3.16. The second kappa shape index (κ2) is 15.4. The summed E-state index contributed by atoms with van der Waals surface area (Å²) < 4.78 is 24.3. The van der Waals surface area contributed by atoms with Crippen molar-refractivity contribution in [2.75, 3.05) is 31.1 Å². The number of benzene rings is 1. The van der Waals surface area contributed by atoms with Crippen LogP contribution in [-0.2, 0) is 30.6 Å². The lowest BCUT2D eigenvalue weighted by Crippen LogP contribution is -2.44. The standard InChI is InChI=1S/C30H42ClN3O5S2/c1-5-7-24(35)16-22(17-29-32-26-9-8-23(31)18-28(26)40-29)30(37)33-25(20(3)6-2)10-11-27(36)21(4)19-34-12-14-41(38,39)15-13-34/h8-9,18,20,22,25H,4-7,10-17,19H2,1-3H3,(H,33,37)/t20-,22-,25+/m0/s1. The molecule has 1 amide bonds. The maximum atomic E-state index is 13.6. The zero-order valence-electron chi connectivity index (χ0n) is 24.3. The van der Waals surface area contributed by atoms with Crippen molar-refractivity contribution in [1.82, 2.24) is 15.2 Å². The first-order valence-corrected chi connectivity index (χ1v) is 17.4. The molecular weight excluding hydrogens is 582 g/mol. The van der Waals surface area contributed by atoms with Gasteiger partial charge < -0.3 is 5.32 Å². The number of thiazole rings is 1. The van der Waals surface area contributed by atoms with Gasteiger partial charge in [0.1, 0.15) is 5.78 Å². The summed E-state index contributed by atoms with van der Waals surface area (Å²) in [6, 6.07) is 5.26. The van der Waals surface area contributed by atoms with Crippen molar-refractivity contribution in [3.8, 4) is 0 Å². The van der Waals surface area contributed by atoms with E-state index < -0.39 is 15.8 Å². The third-order valence-corrected chi connectivity index (χ3v) is 10.7. The third-order valence-electron chi connectivity index (χ3n) is 7.78. The van der Waals surface area contributed by atoms with Crippen LogP contribution in [-0.4, -0.2) is 73.0 Å². The normalized spacial score (nSPS) is 17.6. The Morgan fingerprint density at radius 1 is 1.17 bits per heavy atom. The Morgan fingerprint density at radius 3 is 2.54 bits per heavy atom. The molecule has 8 nitrogen and oxygen atoms in total. The van der Waals surface area contributed by atoms with Crippen LogP contribution in [0.2, 0.25) is 5.02 Å². The average molecular weight is 624 g/mol. The van der Waals surface area contributed by atoms with Crippen LogP contribution < -0.4 is 5.32 Å². The van der Waals surface area contributed by atoms with Crippen molar-refractivity contribution in [2.24, 2.45) is 11.8 Å². The number of aromatic nitrogens is 1. The molecule has 3 rings (SSSR count). The highest BCUT2D eigenvalue weighted by Gasteiger charge is 2.28. The molecule has 1 saturated heterocycles. The first-order chi connectivity index (χ1) is 19.4. The quantitative estimate of drug-likeness (QED) is 0.261. The smallest absolute Gasteiger partial charge is 0.224 e. The van der Waals surface area contributed by atoms with Gasteiger partial charge in [0.15, 0.2) is 15.6 Å². The fraction of sp³-hybridized carbons (Fsp3) is 0.600. The number of rotatable bonds is 16. The first kappa shape index (κ1) is 33.4. The Hall–Kier alpha value is -2.14. The van der Waals surface area contributed by atoms with Gasteiger partial charge >= 0.3 is 0 Å². The zero-order chi connectivity index (χ0) is 30.2. The number of carbonyl (C=O) groups excluding carboxylic acids is 3. The molecule has 3 atom stereocenters. The zero-order valence-corrected chi connectivity index (χ0v) is 26.7. The predicted molar refractivity (Wildman–Crippen MR) is 166 cm³/mol. The molecule has 0 unspecified atom stereocenters. The van der Waals surface area contributed by atoms with Gasteiger partial charge in [-0.05, 0) is 37.0 Å². The van der Waals surface area contributed by atoms with E-state index in [0.717, 1.165) is 28.1 Å². The largest absolute Gasteiger partial charge is 0.353 e. The monoisotopic (exact) mass is 623 g/mol. The molecule has 0 bridgehead atoms. The summed E-state index contributed by atoms with van der Waals surface area (Å²) >= 11 is 7.62. The van der Waals surface area contributed by atoms with Crippen LogP contribution in [0.25, 0.3) is 10.2 Å². The third kappa shape index (κ3) is 10.3. The molecule has 0 saturated carbocycles. The SMILES string of the molecule is C=C(CN1CCS(=O)(=O)CC1)C(=O)CC[C@@H](NC(=O)[C@@H](CC(=O)CCC)Cc1nc2ccc(Cl)cc2s1)[C@@H](C)CC. The number of fused-ring (bicyclic) bond motifs is 1. The highest BCUT2D eigenvalue weighted by molar-refractivity contribution is 7.91. The van der Waals surface area contributed by atoms with Crippen molar-refractivity contribution in [3.63, 3.8) is 0 Å². The summed E-state index contributed by atoms with van der Waals surface area (Å²) in [4.78, 5) is 45.8. The summed E-state index contributed by atoms with van der Waals surface area (Å²) in [6.45, 7) is 11.2. The van der Waals surface area contributed by atoms with Crippen LogP contribution in [0, 0.1) is 11.8 Å². The molecule has 2 heterocycles. The Bertz CT molecular complexity index is 1340. The van der Waals surface area contributed by atoms with Gasteiger partial charge in [-0.1, -0.05) is 45.4 Å². The fourth-order valence-corrected chi connectivity index (χ4v) is 7.57. The fourth-order valence-electron chi connectivity index (χ4n) is 4.97. The minimum absolute atomic E-state index is 0.0499. The molecule has 0 aliphatic carbocycles. The topological polar surface area (TPSA) is 114 Å². The summed E-state index contributed by atoms with van der Waals surface area (Å²) in [5.41, 5.74) is 1.27. The van der Waals surface area contributed by atoms with Crippen LogP contribution in [0.15, 0.2) is 30.4 Å². The van der Waals surface area contributed by atoms with Crippen LogP contribution in [0.1, 0.15) is 64.3 Å². The number of halogens is 1. The summed E-state index contributed by atoms with van der Waals surface area (Å²) in [7, 11) is -2.99. The average Bonchev–Trinajstić information content (AvgIpc) is 3.32. The van der Waals surface area contributed by atoms with E-state index >= 15 is 0 Å². The lowest BCUT2D eigenvalue weighted by molar-refractivity contribution is -0.130. The summed E-state index contributed by atoms with van der Waals surface area (Å²) in [5.74, 6) is -0.454. The molecule has 1 aromatic heterocycles. The van der Waals surface area contributed by atoms with Crippen LogP contribution >= 0.6 is 22.9 Å². The lowest BCUT2D eigenvalue weighted by Gasteiger charge is -2.28. The van der Waals surface area contributed by atoms with Crippen LogP contribution in [0.3, 0.4) is 0 Å². The molecule has 11 heteroatoms. The van der Waals surface area contributed by atoms with Gasteiger partial charge in [0, 0.05) is 62.0 Å². The minimum Gasteiger partial charge on any atom is -0.353 e. The number of nitrogens with one attached hydrogen (secondary N) is 1. The molecule has 226 valence electrons. The number of nitrogens with zero attached hydrogens (tertiary/aromatic N) is 2. The predicted octanol–water partition coefficient (Wildman–Crippen LogP) is 5.03. The minimum atomic E-state index is -2.99. The highest BCUT2D eigenvalue weighted by atomic mass is 35.5. The molecule has 1 fully saturated rings. The van der Waals surface area contributed by atoms with Gasteiger partial charge in [0.2, 0.25) is 5.91 Å². The van der Waals surface area contributed by atoms with E-state index in [9.17, 15) is 22.8 Å². The lowest BCUT2D eigenvalue weighted by atomic mass is 9.91. The molecule has 1 aliphatic rings. The number of hydrogen-bond acceptors (Lipinski definition) is 8. The number of amides is 1. The molecule has 41 heavy (non-hydrogen) atoms. The summed E-state index contributed by atoms with van der Waals surface area (Å²) in [5, 5.41) is 4.57. The van der Waals surface area contributed by atoms with Gasteiger partial charge in [0.25, 0.3) is 0 Å². The van der Waals surface area contributed by atoms with E-state index in [4.69, 9.17) is 11.6 Å². The van der Waals surface area contributed by atoms with Gasteiger partial charge in [0.05, 0.1) is 32.6 Å². The van der Waals surface area contributed by atoms with Crippen LogP contribution in [0.5, 0.6) is 0 Å². The Kier molecular flexibility index (Phi) is 12.5. The molecule has 1 aromatic carbocycles. The van der Waals surface area contributed by atoms with Crippen molar-refractivity contribution < 1.29 is 22.8 Å². The van der Waals surface area contributed by atoms with Gasteiger partial charge in [-0.15, -0.1) is 11.3 Å². The van der Waals surface area contributed by atoms with Crippen molar-refractivity contribution >= 4 is 60.5 Å². The van der Waals surface area contributed by atoms with E-state index in [1.807, 2.05) is 37.8 Å². The van der Waals surface area contributed by atoms with Crippen LogP contribution in [0.4, 0.5) is 0 Å². The van der Waals surface area contributed by atoms with Crippen molar-refractivity contribution in [2.45, 2.75) is 71.8 Å². The number of ketones is 2. The van der Waals surface area contributed by atoms with E-state index in [2.05, 4.69) is 16.9 Å². The first-order valence-electron chi connectivity index (χ1n) is 14.4. The van der Waals surface area contributed by atoms with E-state index in [1.54, 1.807) is 6.07 Å². The van der Waals surface area contributed by atoms with Gasteiger partial charge in [-0.2, -0.15) is 0 Å². The van der Waals surface area contributed by atoms with Gasteiger partial charge in [-0.25, -0.2) is 13.4 Å². The molecule has 2 aromatic rings. The molecule has 1 N–H and O–H groups in total. The highest BCUT2D eigenvalue weighted by Crippen LogP contribution is 2.28. The number of carbonyl (C=O) groups is 3. The molecular formula is C30H42ClN3O5S2. The Balaban J connectivity index is 1.65. The van der Waals surface area contributed by atoms with E-state index in [-0.39, 0.29) is 53.8 Å². The van der Waals surface area contributed by atoms with Gasteiger partial charge in [-0.3, -0.25) is 19.3 Å². The molecule has 0 radical (unpaired) electrons. The number of Topliss-reactive ketones (excluding diaryl/α,β-unsaturated/α-hetero) is 2. The second-order valence-corrected chi connectivity index (χ2v) is 15.0. The maximum absolute atomic E-state index is 13.6. The molecule has 0 spiro atoms. The Labute approximate surface area is 252 Å². The second-order valence-electron chi connectivity index (χ2n) is 11.1. The van der Waals surface area contributed by atoms with E-state index in [1.165, 1.54) is 11.3 Å². The number of sulfone groups is 1. The number of hydrogen-bond donors (Lipinski definition) is 1.